The summed E-state index contributed by atoms with van der Waals surface area (Å²) in [7, 11) is 1.57. The number of halogens is 5. The fourth-order valence-electron chi connectivity index (χ4n) is 3.43. The second kappa shape index (κ2) is 12.7. The van der Waals surface area contributed by atoms with E-state index in [2.05, 4.69) is 39.3 Å². The monoisotopic (exact) mass is 545 g/mol. The number of piperazine rings is 1. The van der Waals surface area contributed by atoms with Crippen LogP contribution in [0.4, 0.5) is 17.6 Å². The van der Waals surface area contributed by atoms with E-state index in [9.17, 15) is 17.6 Å². The van der Waals surface area contributed by atoms with E-state index >= 15 is 0 Å². The highest BCUT2D eigenvalue weighted by atomic mass is 127. The lowest BCUT2D eigenvalue weighted by atomic mass is 10.1. The van der Waals surface area contributed by atoms with Gasteiger partial charge in [-0.15, -0.1) is 24.0 Å². The molecule has 0 aromatic heterocycles. The lowest BCUT2D eigenvalue weighted by Gasteiger charge is -2.35. The lowest BCUT2D eigenvalue weighted by Crippen LogP contribution is -2.48. The fourth-order valence-corrected chi connectivity index (χ4v) is 3.43. The number of nitrogens with one attached hydrogen (secondary N) is 2. The predicted octanol–water partition coefficient (Wildman–Crippen LogP) is 3.40. The van der Waals surface area contributed by atoms with Crippen LogP contribution in [0.25, 0.3) is 0 Å². The average molecular weight is 545 g/mol. The SMILES string of the molecule is CCN1CCN(CC(C)CNC(=NC)NCc2ccc(F)cc2C(F)(F)F)CC1.I. The Labute approximate surface area is 193 Å². The van der Waals surface area contributed by atoms with Crippen molar-refractivity contribution in [2.75, 3.05) is 52.9 Å². The van der Waals surface area contributed by atoms with Crippen LogP contribution >= 0.6 is 24.0 Å². The molecule has 0 spiro atoms. The van der Waals surface area contributed by atoms with Gasteiger partial charge in [0.15, 0.2) is 5.96 Å². The minimum atomic E-state index is -4.60. The number of hydrogen-bond donors (Lipinski definition) is 2. The van der Waals surface area contributed by atoms with E-state index in [-0.39, 0.29) is 36.1 Å². The van der Waals surface area contributed by atoms with E-state index in [4.69, 9.17) is 0 Å². The van der Waals surface area contributed by atoms with Crippen molar-refractivity contribution in [3.63, 3.8) is 0 Å². The van der Waals surface area contributed by atoms with Gasteiger partial charge >= 0.3 is 6.18 Å². The Morgan fingerprint density at radius 2 is 1.77 bits per heavy atom. The van der Waals surface area contributed by atoms with Crippen molar-refractivity contribution in [2.24, 2.45) is 10.9 Å². The third-order valence-electron chi connectivity index (χ3n) is 5.15. The molecular formula is C20H32F4IN5. The van der Waals surface area contributed by atoms with Gasteiger partial charge in [-0.05, 0) is 30.2 Å². The van der Waals surface area contributed by atoms with Gasteiger partial charge < -0.3 is 20.4 Å². The molecule has 1 aromatic rings. The predicted molar refractivity (Wildman–Crippen MR) is 123 cm³/mol. The molecule has 10 heteroatoms. The molecule has 0 bridgehead atoms. The van der Waals surface area contributed by atoms with Crippen LogP contribution in [-0.4, -0.2) is 68.6 Å². The molecule has 5 nitrogen and oxygen atoms in total. The van der Waals surface area contributed by atoms with Gasteiger partial charge in [0.2, 0.25) is 0 Å². The topological polar surface area (TPSA) is 42.9 Å². The van der Waals surface area contributed by atoms with E-state index in [1.165, 1.54) is 0 Å². The van der Waals surface area contributed by atoms with Crippen LogP contribution in [0, 0.1) is 11.7 Å². The first kappa shape index (κ1) is 26.9. The van der Waals surface area contributed by atoms with Crippen molar-refractivity contribution in [1.82, 2.24) is 20.4 Å². The number of likely N-dealkylation sites (N-methyl/N-ethyl adjacent to an activating group) is 1. The van der Waals surface area contributed by atoms with Gasteiger partial charge in [-0.25, -0.2) is 4.39 Å². The summed E-state index contributed by atoms with van der Waals surface area (Å²) >= 11 is 0. The quantitative estimate of drug-likeness (QED) is 0.239. The molecule has 1 saturated heterocycles. The normalized spacial score (nSPS) is 17.4. The molecule has 30 heavy (non-hydrogen) atoms. The lowest BCUT2D eigenvalue weighted by molar-refractivity contribution is -0.138. The third kappa shape index (κ3) is 8.54. The highest BCUT2D eigenvalue weighted by molar-refractivity contribution is 14.0. The van der Waals surface area contributed by atoms with Crippen molar-refractivity contribution in [1.29, 1.82) is 0 Å². The molecule has 1 heterocycles. The summed E-state index contributed by atoms with van der Waals surface area (Å²) in [5.74, 6) is -0.124. The summed E-state index contributed by atoms with van der Waals surface area (Å²) in [5, 5.41) is 6.05. The van der Waals surface area contributed by atoms with Gasteiger partial charge in [-0.2, -0.15) is 13.2 Å². The number of rotatable bonds is 7. The van der Waals surface area contributed by atoms with Crippen molar-refractivity contribution in [2.45, 2.75) is 26.6 Å². The van der Waals surface area contributed by atoms with Crippen LogP contribution in [0.2, 0.25) is 0 Å². The molecule has 1 aliphatic rings. The maximum atomic E-state index is 13.2. The average Bonchev–Trinajstić information content (AvgIpc) is 2.68. The van der Waals surface area contributed by atoms with Crippen LogP contribution in [0.15, 0.2) is 23.2 Å². The van der Waals surface area contributed by atoms with Crippen LogP contribution < -0.4 is 10.6 Å². The number of hydrogen-bond acceptors (Lipinski definition) is 3. The standard InChI is InChI=1S/C20H31F4N5.HI/c1-4-28-7-9-29(10-8-28)14-15(2)12-26-19(25-3)27-13-16-5-6-17(21)11-18(16)20(22,23)24;/h5-6,11,15H,4,7-10,12-14H2,1-3H3,(H2,25,26,27);1H. The van der Waals surface area contributed by atoms with E-state index in [0.717, 1.165) is 51.4 Å². The molecule has 1 aliphatic heterocycles. The summed E-state index contributed by atoms with van der Waals surface area (Å²) in [6, 6.07) is 2.70. The zero-order valence-corrected chi connectivity index (χ0v) is 20.1. The van der Waals surface area contributed by atoms with Crippen molar-refractivity contribution >= 4 is 29.9 Å². The number of alkyl halides is 3. The Morgan fingerprint density at radius 3 is 2.33 bits per heavy atom. The summed E-state index contributed by atoms with van der Waals surface area (Å²) in [6.07, 6.45) is -4.60. The number of benzene rings is 1. The van der Waals surface area contributed by atoms with Gasteiger partial charge in [0, 0.05) is 52.9 Å². The molecule has 1 fully saturated rings. The van der Waals surface area contributed by atoms with Crippen molar-refractivity contribution in [3.8, 4) is 0 Å². The molecule has 1 aromatic carbocycles. The van der Waals surface area contributed by atoms with Gasteiger partial charge in [-0.1, -0.05) is 19.9 Å². The molecule has 0 aliphatic carbocycles. The van der Waals surface area contributed by atoms with Crippen LogP contribution in [0.5, 0.6) is 0 Å². The number of aliphatic imine (C=N–C) groups is 1. The highest BCUT2D eigenvalue weighted by Gasteiger charge is 2.33. The Balaban J connectivity index is 0.00000450. The third-order valence-corrected chi connectivity index (χ3v) is 5.15. The second-order valence-corrected chi connectivity index (χ2v) is 7.45. The Morgan fingerprint density at radius 1 is 1.13 bits per heavy atom. The van der Waals surface area contributed by atoms with Crippen LogP contribution in [0.1, 0.15) is 25.0 Å². The maximum Gasteiger partial charge on any atom is 0.416 e. The summed E-state index contributed by atoms with van der Waals surface area (Å²) in [4.78, 5) is 8.93. The van der Waals surface area contributed by atoms with Crippen molar-refractivity contribution < 1.29 is 17.6 Å². The summed E-state index contributed by atoms with van der Waals surface area (Å²) in [5.41, 5.74) is -0.997. The smallest absolute Gasteiger partial charge is 0.356 e. The fraction of sp³-hybridized carbons (Fsp3) is 0.650. The first-order chi connectivity index (χ1) is 13.7. The van der Waals surface area contributed by atoms with E-state index in [0.29, 0.717) is 24.5 Å². The molecular weight excluding hydrogens is 513 g/mol. The summed E-state index contributed by atoms with van der Waals surface area (Å²) in [6.45, 7) is 11.2. The Bertz CT molecular complexity index is 676. The van der Waals surface area contributed by atoms with E-state index < -0.39 is 17.6 Å². The highest BCUT2D eigenvalue weighted by Crippen LogP contribution is 2.32. The zero-order valence-electron chi connectivity index (χ0n) is 17.7. The number of nitrogens with zero attached hydrogens (tertiary/aromatic N) is 3. The minimum Gasteiger partial charge on any atom is -0.356 e. The van der Waals surface area contributed by atoms with E-state index in [1.807, 2.05) is 0 Å². The van der Waals surface area contributed by atoms with E-state index in [1.54, 1.807) is 7.05 Å². The second-order valence-electron chi connectivity index (χ2n) is 7.45. The first-order valence-electron chi connectivity index (χ1n) is 9.97. The van der Waals surface area contributed by atoms with Crippen molar-refractivity contribution in [3.05, 3.63) is 35.1 Å². The zero-order chi connectivity index (χ0) is 21.4. The molecule has 1 unspecified atom stereocenters. The molecule has 1 atom stereocenters. The minimum absolute atomic E-state index is 0. The largest absolute Gasteiger partial charge is 0.416 e. The van der Waals surface area contributed by atoms with Crippen LogP contribution in [-0.2, 0) is 12.7 Å². The molecule has 2 rings (SSSR count). The molecule has 0 radical (unpaired) electrons. The maximum absolute atomic E-state index is 13.2. The van der Waals surface area contributed by atoms with Gasteiger partial charge in [-0.3, -0.25) is 4.99 Å². The van der Waals surface area contributed by atoms with Gasteiger partial charge in [0.25, 0.3) is 0 Å². The van der Waals surface area contributed by atoms with Gasteiger partial charge in [0.1, 0.15) is 5.82 Å². The Hall–Kier alpha value is -1.14. The van der Waals surface area contributed by atoms with Gasteiger partial charge in [0.05, 0.1) is 5.56 Å². The molecule has 0 amide bonds. The number of guanidine groups is 1. The Kier molecular flexibility index (Phi) is 11.3. The molecule has 2 N–H and O–H groups in total. The molecule has 172 valence electrons. The summed E-state index contributed by atoms with van der Waals surface area (Å²) < 4.78 is 52.6. The van der Waals surface area contributed by atoms with Crippen LogP contribution in [0.3, 0.4) is 0 Å². The molecule has 0 saturated carbocycles. The first-order valence-corrected chi connectivity index (χ1v) is 9.97.